The van der Waals surface area contributed by atoms with Crippen LogP contribution < -0.4 is 4.90 Å². The van der Waals surface area contributed by atoms with Crippen molar-refractivity contribution < 1.29 is 14.3 Å². The molecule has 1 aliphatic rings. The minimum absolute atomic E-state index is 0.0366. The molecule has 1 aliphatic heterocycles. The van der Waals surface area contributed by atoms with Crippen LogP contribution >= 0.6 is 0 Å². The minimum Gasteiger partial charge on any atom is -0.465 e. The third kappa shape index (κ3) is 1.52. The van der Waals surface area contributed by atoms with Crippen molar-refractivity contribution in [3.63, 3.8) is 0 Å². The lowest BCUT2D eigenvalue weighted by Crippen LogP contribution is -2.33. The van der Waals surface area contributed by atoms with Crippen LogP contribution in [0.25, 0.3) is 0 Å². The van der Waals surface area contributed by atoms with Gasteiger partial charge >= 0.3 is 5.97 Å². The molecule has 1 aromatic rings. The van der Waals surface area contributed by atoms with Crippen molar-refractivity contribution in [3.05, 3.63) is 29.3 Å². The van der Waals surface area contributed by atoms with Gasteiger partial charge in [0.25, 0.3) is 0 Å². The Labute approximate surface area is 100 Å². The van der Waals surface area contributed by atoms with E-state index < -0.39 is 5.41 Å². The quantitative estimate of drug-likeness (QED) is 0.694. The molecule has 0 N–H and O–H groups in total. The van der Waals surface area contributed by atoms with E-state index in [2.05, 4.69) is 4.74 Å². The molecule has 0 fully saturated rings. The van der Waals surface area contributed by atoms with Crippen LogP contribution in [-0.4, -0.2) is 26.0 Å². The van der Waals surface area contributed by atoms with Gasteiger partial charge in [-0.05, 0) is 37.6 Å². The van der Waals surface area contributed by atoms with Crippen molar-refractivity contribution in [2.45, 2.75) is 19.3 Å². The zero-order chi connectivity index (χ0) is 12.8. The number of methoxy groups -OCH3 is 1. The molecular weight excluding hydrogens is 218 g/mol. The van der Waals surface area contributed by atoms with Crippen LogP contribution in [0, 0.1) is 0 Å². The lowest BCUT2D eigenvalue weighted by Gasteiger charge is -2.16. The third-order valence-electron chi connectivity index (χ3n) is 3.29. The van der Waals surface area contributed by atoms with E-state index in [-0.39, 0.29) is 11.9 Å². The number of benzene rings is 1. The van der Waals surface area contributed by atoms with E-state index in [4.69, 9.17) is 0 Å². The van der Waals surface area contributed by atoms with Crippen LogP contribution in [0.4, 0.5) is 5.69 Å². The molecule has 1 aromatic carbocycles. The smallest absolute Gasteiger partial charge is 0.337 e. The van der Waals surface area contributed by atoms with E-state index >= 15 is 0 Å². The lowest BCUT2D eigenvalue weighted by atomic mass is 9.85. The molecule has 4 nitrogen and oxygen atoms in total. The molecule has 0 unspecified atom stereocenters. The Morgan fingerprint density at radius 1 is 1.35 bits per heavy atom. The lowest BCUT2D eigenvalue weighted by molar-refractivity contribution is -0.121. The zero-order valence-corrected chi connectivity index (χ0v) is 10.4. The molecule has 4 heteroatoms. The SMILES string of the molecule is COC(=O)c1ccc2c(c1)C(C)(C)C(=O)N2C. The summed E-state index contributed by atoms with van der Waals surface area (Å²) in [5.74, 6) is -0.347. The Morgan fingerprint density at radius 2 is 2.00 bits per heavy atom. The van der Waals surface area contributed by atoms with Crippen molar-refractivity contribution in [2.75, 3.05) is 19.1 Å². The summed E-state index contributed by atoms with van der Waals surface area (Å²) >= 11 is 0. The number of anilines is 1. The molecule has 2 rings (SSSR count). The van der Waals surface area contributed by atoms with Gasteiger partial charge in [-0.1, -0.05) is 0 Å². The normalized spacial score (nSPS) is 16.9. The standard InChI is InChI=1S/C13H15NO3/c1-13(2)9-7-8(11(15)17-4)5-6-10(9)14(3)12(13)16/h5-7H,1-4H3. The van der Waals surface area contributed by atoms with Gasteiger partial charge in [0.2, 0.25) is 5.91 Å². The van der Waals surface area contributed by atoms with Crippen molar-refractivity contribution >= 4 is 17.6 Å². The summed E-state index contributed by atoms with van der Waals surface area (Å²) in [5, 5.41) is 0. The molecule has 0 spiro atoms. The largest absolute Gasteiger partial charge is 0.465 e. The van der Waals surface area contributed by atoms with Crippen LogP contribution in [0.2, 0.25) is 0 Å². The fourth-order valence-corrected chi connectivity index (χ4v) is 2.22. The van der Waals surface area contributed by atoms with E-state index in [0.29, 0.717) is 5.56 Å². The molecule has 17 heavy (non-hydrogen) atoms. The molecule has 0 saturated heterocycles. The van der Waals surface area contributed by atoms with E-state index in [1.165, 1.54) is 7.11 Å². The van der Waals surface area contributed by atoms with Crippen molar-refractivity contribution in [3.8, 4) is 0 Å². The highest BCUT2D eigenvalue weighted by atomic mass is 16.5. The topological polar surface area (TPSA) is 46.6 Å². The second-order valence-electron chi connectivity index (χ2n) is 4.71. The monoisotopic (exact) mass is 233 g/mol. The van der Waals surface area contributed by atoms with Crippen LogP contribution in [0.1, 0.15) is 29.8 Å². The predicted molar refractivity (Wildman–Crippen MR) is 64.2 cm³/mol. The number of carbonyl (C=O) groups excluding carboxylic acids is 2. The number of hydrogen-bond acceptors (Lipinski definition) is 3. The van der Waals surface area contributed by atoms with E-state index in [9.17, 15) is 9.59 Å². The van der Waals surface area contributed by atoms with Gasteiger partial charge in [0.05, 0.1) is 18.1 Å². The highest BCUT2D eigenvalue weighted by molar-refractivity contribution is 6.08. The van der Waals surface area contributed by atoms with Crippen molar-refractivity contribution in [2.24, 2.45) is 0 Å². The van der Waals surface area contributed by atoms with E-state index in [1.807, 2.05) is 13.8 Å². The second kappa shape index (κ2) is 3.58. The number of hydrogen-bond donors (Lipinski definition) is 0. The number of ether oxygens (including phenoxy) is 1. The first kappa shape index (κ1) is 11.6. The third-order valence-corrected chi connectivity index (χ3v) is 3.29. The average molecular weight is 233 g/mol. The molecule has 90 valence electrons. The van der Waals surface area contributed by atoms with Crippen molar-refractivity contribution in [1.29, 1.82) is 0 Å². The molecule has 0 saturated carbocycles. The Morgan fingerprint density at radius 3 is 2.59 bits per heavy atom. The Kier molecular flexibility index (Phi) is 2.45. The van der Waals surface area contributed by atoms with E-state index in [0.717, 1.165) is 11.3 Å². The number of amides is 1. The number of rotatable bonds is 1. The molecule has 1 heterocycles. The molecular formula is C13H15NO3. The maximum Gasteiger partial charge on any atom is 0.337 e. The summed E-state index contributed by atoms with van der Waals surface area (Å²) in [5.41, 5.74) is 1.61. The molecule has 0 radical (unpaired) electrons. The van der Waals surface area contributed by atoms with Crippen LogP contribution in [0.3, 0.4) is 0 Å². The summed E-state index contributed by atoms with van der Waals surface area (Å²) in [7, 11) is 3.09. The first-order valence-electron chi connectivity index (χ1n) is 5.40. The highest BCUT2D eigenvalue weighted by Gasteiger charge is 2.42. The van der Waals surface area contributed by atoms with Gasteiger partial charge in [-0.15, -0.1) is 0 Å². The van der Waals surface area contributed by atoms with Crippen LogP contribution in [-0.2, 0) is 14.9 Å². The summed E-state index contributed by atoms with van der Waals surface area (Å²) in [4.78, 5) is 25.1. The second-order valence-corrected chi connectivity index (χ2v) is 4.71. The van der Waals surface area contributed by atoms with Gasteiger partial charge < -0.3 is 9.64 Å². The van der Waals surface area contributed by atoms with Crippen LogP contribution in [0.15, 0.2) is 18.2 Å². The predicted octanol–water partition coefficient (Wildman–Crippen LogP) is 1.73. The summed E-state index contributed by atoms with van der Waals surface area (Å²) in [6.07, 6.45) is 0. The molecule has 0 aromatic heterocycles. The summed E-state index contributed by atoms with van der Waals surface area (Å²) in [6.45, 7) is 3.72. The Hall–Kier alpha value is -1.84. The summed E-state index contributed by atoms with van der Waals surface area (Å²) < 4.78 is 4.68. The molecule has 0 atom stereocenters. The fourth-order valence-electron chi connectivity index (χ4n) is 2.22. The van der Waals surface area contributed by atoms with Gasteiger partial charge in [-0.25, -0.2) is 4.79 Å². The number of esters is 1. The Bertz CT molecular complexity index is 505. The van der Waals surface area contributed by atoms with Gasteiger partial charge in [-0.3, -0.25) is 4.79 Å². The molecule has 0 aliphatic carbocycles. The fraction of sp³-hybridized carbons (Fsp3) is 0.385. The maximum atomic E-state index is 12.0. The molecule has 0 bridgehead atoms. The van der Waals surface area contributed by atoms with Gasteiger partial charge in [0.1, 0.15) is 0 Å². The first-order valence-corrected chi connectivity index (χ1v) is 5.40. The number of nitrogens with zero attached hydrogens (tertiary/aromatic N) is 1. The zero-order valence-electron chi connectivity index (χ0n) is 10.4. The van der Waals surface area contributed by atoms with Gasteiger partial charge in [0, 0.05) is 12.7 Å². The highest BCUT2D eigenvalue weighted by Crippen LogP contribution is 2.41. The number of fused-ring (bicyclic) bond motifs is 1. The van der Waals surface area contributed by atoms with Crippen molar-refractivity contribution in [1.82, 2.24) is 0 Å². The summed E-state index contributed by atoms with van der Waals surface area (Å²) in [6, 6.07) is 5.20. The van der Waals surface area contributed by atoms with Crippen LogP contribution in [0.5, 0.6) is 0 Å². The van der Waals surface area contributed by atoms with Gasteiger partial charge in [0.15, 0.2) is 0 Å². The first-order chi connectivity index (χ1) is 7.89. The van der Waals surface area contributed by atoms with Gasteiger partial charge in [-0.2, -0.15) is 0 Å². The molecule has 1 amide bonds. The van der Waals surface area contributed by atoms with E-state index in [1.54, 1.807) is 30.1 Å². The number of likely N-dealkylation sites (N-methyl/N-ethyl adjacent to an activating group) is 1. The average Bonchev–Trinajstić information content (AvgIpc) is 2.50. The number of carbonyl (C=O) groups is 2. The Balaban J connectivity index is 2.58. The maximum absolute atomic E-state index is 12.0. The minimum atomic E-state index is -0.589.